The van der Waals surface area contributed by atoms with Gasteiger partial charge in [-0.15, -0.1) is 0 Å². The molecule has 5 heteroatoms. The minimum Gasteiger partial charge on any atom is -0.485 e. The summed E-state index contributed by atoms with van der Waals surface area (Å²) in [5.74, 6) is 0.286. The molecule has 0 heterocycles. The highest BCUT2D eigenvalue weighted by molar-refractivity contribution is 5.97. The standard InChI is InChI=1S/C14H11NO4/c16-14(10-19-13-7-2-1-3-8-13)11-5-4-6-12(9-11)15(17)18/h1-9H,10H2. The first-order chi connectivity index (χ1) is 9.16. The summed E-state index contributed by atoms with van der Waals surface area (Å²) in [6, 6.07) is 14.5. The molecule has 0 aliphatic carbocycles. The van der Waals surface area contributed by atoms with Gasteiger partial charge in [-0.05, 0) is 12.1 Å². The highest BCUT2D eigenvalue weighted by atomic mass is 16.6. The summed E-state index contributed by atoms with van der Waals surface area (Å²) in [6.07, 6.45) is 0. The first-order valence-corrected chi connectivity index (χ1v) is 5.62. The van der Waals surface area contributed by atoms with Crippen molar-refractivity contribution in [1.29, 1.82) is 0 Å². The van der Waals surface area contributed by atoms with E-state index in [-0.39, 0.29) is 23.6 Å². The van der Waals surface area contributed by atoms with E-state index in [2.05, 4.69) is 0 Å². The second-order valence-corrected chi connectivity index (χ2v) is 3.83. The van der Waals surface area contributed by atoms with Crippen molar-refractivity contribution in [3.8, 4) is 5.75 Å². The Morgan fingerprint density at radius 3 is 2.53 bits per heavy atom. The fourth-order valence-electron chi connectivity index (χ4n) is 1.54. The van der Waals surface area contributed by atoms with E-state index in [9.17, 15) is 14.9 Å². The lowest BCUT2D eigenvalue weighted by Gasteiger charge is -2.05. The normalized spacial score (nSPS) is 9.89. The molecule has 2 rings (SSSR count). The molecule has 0 aromatic heterocycles. The molecule has 0 aliphatic rings. The summed E-state index contributed by atoms with van der Waals surface area (Å²) in [5, 5.41) is 10.6. The van der Waals surface area contributed by atoms with Crippen molar-refractivity contribution >= 4 is 11.5 Å². The molecule has 0 spiro atoms. The van der Waals surface area contributed by atoms with E-state index in [4.69, 9.17) is 4.74 Å². The number of benzene rings is 2. The molecule has 0 aliphatic heterocycles. The number of non-ortho nitro benzene ring substituents is 1. The van der Waals surface area contributed by atoms with Gasteiger partial charge in [-0.25, -0.2) is 0 Å². The molecule has 96 valence electrons. The Kier molecular flexibility index (Phi) is 3.87. The van der Waals surface area contributed by atoms with Gasteiger partial charge in [-0.1, -0.05) is 30.3 Å². The van der Waals surface area contributed by atoms with E-state index in [1.807, 2.05) is 6.07 Å². The highest BCUT2D eigenvalue weighted by Crippen LogP contribution is 2.14. The first kappa shape index (κ1) is 12.8. The number of nitrogens with zero attached hydrogens (tertiary/aromatic N) is 1. The molecule has 0 amide bonds. The molecule has 2 aromatic rings. The van der Waals surface area contributed by atoms with Crippen LogP contribution in [-0.2, 0) is 0 Å². The van der Waals surface area contributed by atoms with Crippen LogP contribution in [0.3, 0.4) is 0 Å². The number of rotatable bonds is 5. The van der Waals surface area contributed by atoms with E-state index in [1.54, 1.807) is 24.3 Å². The maximum atomic E-state index is 11.8. The lowest BCUT2D eigenvalue weighted by molar-refractivity contribution is -0.384. The zero-order valence-electron chi connectivity index (χ0n) is 9.98. The lowest BCUT2D eigenvalue weighted by Crippen LogP contribution is -2.11. The lowest BCUT2D eigenvalue weighted by atomic mass is 10.1. The summed E-state index contributed by atoms with van der Waals surface area (Å²) in [4.78, 5) is 21.9. The van der Waals surface area contributed by atoms with Crippen molar-refractivity contribution in [3.05, 3.63) is 70.3 Å². The molecule has 19 heavy (non-hydrogen) atoms. The number of carbonyl (C=O) groups excluding carboxylic acids is 1. The Bertz CT molecular complexity index is 595. The average Bonchev–Trinajstić information content (AvgIpc) is 2.46. The number of ketones is 1. The SMILES string of the molecule is O=C(COc1ccccc1)c1cccc([N+](=O)[O-])c1. The largest absolute Gasteiger partial charge is 0.485 e. The van der Waals surface area contributed by atoms with Crippen LogP contribution < -0.4 is 4.74 Å². The third kappa shape index (κ3) is 3.38. The van der Waals surface area contributed by atoms with Crippen LogP contribution in [0.15, 0.2) is 54.6 Å². The Morgan fingerprint density at radius 1 is 1.11 bits per heavy atom. The third-order valence-electron chi connectivity index (χ3n) is 2.49. The van der Waals surface area contributed by atoms with Crippen molar-refractivity contribution in [2.75, 3.05) is 6.61 Å². The molecule has 0 saturated carbocycles. The summed E-state index contributed by atoms with van der Waals surface area (Å²) < 4.78 is 5.30. The van der Waals surface area contributed by atoms with E-state index in [1.165, 1.54) is 24.3 Å². The smallest absolute Gasteiger partial charge is 0.270 e. The Hall–Kier alpha value is -2.69. The number of hydrogen-bond acceptors (Lipinski definition) is 4. The molecule has 0 saturated heterocycles. The molecule has 2 aromatic carbocycles. The number of nitro benzene ring substituents is 1. The summed E-state index contributed by atoms with van der Waals surface area (Å²) in [7, 11) is 0. The molecular weight excluding hydrogens is 246 g/mol. The van der Waals surface area contributed by atoms with Crippen LogP contribution in [0.1, 0.15) is 10.4 Å². The minimum absolute atomic E-state index is 0.106. The second kappa shape index (κ2) is 5.77. The van der Waals surface area contributed by atoms with Gasteiger partial charge < -0.3 is 4.74 Å². The van der Waals surface area contributed by atoms with Crippen LogP contribution in [-0.4, -0.2) is 17.3 Å². The van der Waals surface area contributed by atoms with Crippen molar-refractivity contribution in [3.63, 3.8) is 0 Å². The molecule has 0 bridgehead atoms. The fraction of sp³-hybridized carbons (Fsp3) is 0.0714. The van der Waals surface area contributed by atoms with Gasteiger partial charge in [0.2, 0.25) is 0 Å². The molecular formula is C14H11NO4. The molecule has 0 radical (unpaired) electrons. The van der Waals surface area contributed by atoms with Crippen LogP contribution in [0.5, 0.6) is 5.75 Å². The summed E-state index contributed by atoms with van der Waals surface area (Å²) in [6.45, 7) is -0.148. The van der Waals surface area contributed by atoms with E-state index in [0.717, 1.165) is 0 Å². The molecule has 0 atom stereocenters. The molecule has 0 fully saturated rings. The molecule has 0 N–H and O–H groups in total. The first-order valence-electron chi connectivity index (χ1n) is 5.62. The van der Waals surface area contributed by atoms with Crippen LogP contribution in [0, 0.1) is 10.1 Å². The minimum atomic E-state index is -0.533. The maximum absolute atomic E-state index is 11.8. The maximum Gasteiger partial charge on any atom is 0.270 e. The van der Waals surface area contributed by atoms with Crippen LogP contribution >= 0.6 is 0 Å². The summed E-state index contributed by atoms with van der Waals surface area (Å²) in [5.41, 5.74) is 0.163. The van der Waals surface area contributed by atoms with Crippen LogP contribution in [0.2, 0.25) is 0 Å². The van der Waals surface area contributed by atoms with Gasteiger partial charge in [0.25, 0.3) is 5.69 Å². The van der Waals surface area contributed by atoms with Gasteiger partial charge >= 0.3 is 0 Å². The number of hydrogen-bond donors (Lipinski definition) is 0. The quantitative estimate of drug-likeness (QED) is 0.469. The molecule has 5 nitrogen and oxygen atoms in total. The number of nitro groups is 1. The van der Waals surface area contributed by atoms with Crippen molar-refractivity contribution in [2.24, 2.45) is 0 Å². The van der Waals surface area contributed by atoms with Crippen LogP contribution in [0.4, 0.5) is 5.69 Å². The Morgan fingerprint density at radius 2 is 1.84 bits per heavy atom. The van der Waals surface area contributed by atoms with E-state index < -0.39 is 4.92 Å². The molecule has 0 unspecified atom stereocenters. The predicted molar refractivity (Wildman–Crippen MR) is 69.4 cm³/mol. The Balaban J connectivity index is 2.04. The number of para-hydroxylation sites is 1. The van der Waals surface area contributed by atoms with Gasteiger partial charge in [0.15, 0.2) is 12.4 Å². The predicted octanol–water partition coefficient (Wildman–Crippen LogP) is 2.86. The number of carbonyl (C=O) groups is 1. The van der Waals surface area contributed by atoms with Gasteiger partial charge in [0.1, 0.15) is 5.75 Å². The van der Waals surface area contributed by atoms with E-state index in [0.29, 0.717) is 5.75 Å². The van der Waals surface area contributed by atoms with Crippen molar-refractivity contribution in [1.82, 2.24) is 0 Å². The van der Waals surface area contributed by atoms with Gasteiger partial charge in [-0.2, -0.15) is 0 Å². The zero-order valence-corrected chi connectivity index (χ0v) is 9.98. The highest BCUT2D eigenvalue weighted by Gasteiger charge is 2.11. The second-order valence-electron chi connectivity index (χ2n) is 3.83. The summed E-state index contributed by atoms with van der Waals surface area (Å²) >= 11 is 0. The number of ether oxygens (including phenoxy) is 1. The van der Waals surface area contributed by atoms with Gasteiger partial charge in [-0.3, -0.25) is 14.9 Å². The van der Waals surface area contributed by atoms with Gasteiger partial charge in [0, 0.05) is 17.7 Å². The Labute approximate surface area is 109 Å². The van der Waals surface area contributed by atoms with Crippen molar-refractivity contribution in [2.45, 2.75) is 0 Å². The van der Waals surface area contributed by atoms with E-state index >= 15 is 0 Å². The average molecular weight is 257 g/mol. The zero-order chi connectivity index (χ0) is 13.7. The van der Waals surface area contributed by atoms with Crippen LogP contribution in [0.25, 0.3) is 0 Å². The van der Waals surface area contributed by atoms with Crippen molar-refractivity contribution < 1.29 is 14.5 Å². The fourth-order valence-corrected chi connectivity index (χ4v) is 1.54. The monoisotopic (exact) mass is 257 g/mol. The number of Topliss-reactive ketones (excluding diaryl/α,β-unsaturated/α-hetero) is 1. The van der Waals surface area contributed by atoms with Gasteiger partial charge in [0.05, 0.1) is 4.92 Å². The third-order valence-corrected chi connectivity index (χ3v) is 2.49. The topological polar surface area (TPSA) is 69.4 Å².